The lowest BCUT2D eigenvalue weighted by Crippen LogP contribution is -2.36. The summed E-state index contributed by atoms with van der Waals surface area (Å²) in [7, 11) is -3.72. The number of carboxylic acids is 1. The molecule has 8 heteroatoms. The summed E-state index contributed by atoms with van der Waals surface area (Å²) < 4.78 is 28.7. The molecule has 2 aromatic rings. The molecule has 1 aliphatic carbocycles. The Balaban J connectivity index is 1.58. The molecule has 4 rings (SSSR count). The van der Waals surface area contributed by atoms with Crippen molar-refractivity contribution in [3.05, 3.63) is 58.1 Å². The van der Waals surface area contributed by atoms with E-state index in [9.17, 15) is 18.3 Å². The number of carboxylic acid groups (broad SMARTS) is 1. The molecule has 2 aliphatic rings. The fraction of sp³-hybridized carbons (Fsp3) is 0.381. The van der Waals surface area contributed by atoms with Gasteiger partial charge in [-0.25, -0.2) is 17.9 Å². The molecule has 29 heavy (non-hydrogen) atoms. The molecule has 1 unspecified atom stereocenters. The van der Waals surface area contributed by atoms with Crippen LogP contribution >= 0.6 is 11.6 Å². The fourth-order valence-electron chi connectivity index (χ4n) is 4.13. The topological polar surface area (TPSA) is 95.5 Å². The smallest absolute Gasteiger partial charge is 0.335 e. The van der Waals surface area contributed by atoms with Crippen molar-refractivity contribution in [2.45, 2.75) is 55.5 Å². The largest absolute Gasteiger partial charge is 0.478 e. The average Bonchev–Trinajstić information content (AvgIpc) is 3.12. The number of carbonyl (C=O) groups is 1. The van der Waals surface area contributed by atoms with Crippen LogP contribution in [0.15, 0.2) is 41.3 Å². The summed E-state index contributed by atoms with van der Waals surface area (Å²) in [5.74, 6) is -0.980. The van der Waals surface area contributed by atoms with E-state index in [-0.39, 0.29) is 27.6 Å². The highest BCUT2D eigenvalue weighted by Crippen LogP contribution is 2.36. The van der Waals surface area contributed by atoms with Crippen LogP contribution in [0.2, 0.25) is 5.02 Å². The van der Waals surface area contributed by atoms with Gasteiger partial charge in [-0.15, -0.1) is 0 Å². The monoisotopic (exact) mass is 434 g/mol. The average molecular weight is 435 g/mol. The van der Waals surface area contributed by atoms with E-state index in [2.05, 4.69) is 10.0 Å². The molecule has 0 aromatic heterocycles. The van der Waals surface area contributed by atoms with Gasteiger partial charge in [0.25, 0.3) is 0 Å². The number of fused-ring (bicyclic) bond motifs is 1. The minimum atomic E-state index is -3.72. The van der Waals surface area contributed by atoms with Crippen LogP contribution in [0.5, 0.6) is 0 Å². The number of halogens is 1. The maximum absolute atomic E-state index is 12.9. The Morgan fingerprint density at radius 1 is 1.10 bits per heavy atom. The molecule has 1 fully saturated rings. The SMILES string of the molecule is O=C(O)c1ccc2c(c1)NC(c1ccc(Cl)c(S(=O)(=O)NC3CCCCC3)c1)C2. The van der Waals surface area contributed by atoms with Crippen molar-refractivity contribution in [1.82, 2.24) is 4.72 Å². The van der Waals surface area contributed by atoms with Crippen molar-refractivity contribution in [2.24, 2.45) is 0 Å². The molecule has 1 aliphatic heterocycles. The molecule has 6 nitrogen and oxygen atoms in total. The van der Waals surface area contributed by atoms with Crippen LogP contribution in [0.25, 0.3) is 0 Å². The number of aromatic carboxylic acids is 1. The molecule has 1 heterocycles. The molecule has 154 valence electrons. The highest BCUT2D eigenvalue weighted by Gasteiger charge is 2.27. The number of hydrogen-bond donors (Lipinski definition) is 3. The van der Waals surface area contributed by atoms with Crippen molar-refractivity contribution in [3.8, 4) is 0 Å². The third-order valence-corrected chi connectivity index (χ3v) is 7.69. The van der Waals surface area contributed by atoms with Crippen LogP contribution in [0.3, 0.4) is 0 Å². The highest BCUT2D eigenvalue weighted by atomic mass is 35.5. The van der Waals surface area contributed by atoms with Crippen LogP contribution in [0.4, 0.5) is 5.69 Å². The number of hydrogen-bond acceptors (Lipinski definition) is 4. The van der Waals surface area contributed by atoms with Gasteiger partial charge in [-0.05, 0) is 54.7 Å². The fourth-order valence-corrected chi connectivity index (χ4v) is 5.97. The summed E-state index contributed by atoms with van der Waals surface area (Å²) in [6.07, 6.45) is 5.55. The van der Waals surface area contributed by atoms with Crippen LogP contribution in [0, 0.1) is 0 Å². The summed E-state index contributed by atoms with van der Waals surface area (Å²) in [5.41, 5.74) is 2.77. The highest BCUT2D eigenvalue weighted by molar-refractivity contribution is 7.89. The summed E-state index contributed by atoms with van der Waals surface area (Å²) in [6, 6.07) is 9.83. The van der Waals surface area contributed by atoms with E-state index in [0.717, 1.165) is 48.9 Å². The van der Waals surface area contributed by atoms with E-state index in [4.69, 9.17) is 11.6 Å². The molecule has 2 aromatic carbocycles. The maximum atomic E-state index is 12.9. The molecule has 0 spiro atoms. The van der Waals surface area contributed by atoms with Crippen molar-refractivity contribution in [3.63, 3.8) is 0 Å². The van der Waals surface area contributed by atoms with Gasteiger partial charge in [-0.3, -0.25) is 0 Å². The Kier molecular flexibility index (Phi) is 5.55. The van der Waals surface area contributed by atoms with E-state index in [0.29, 0.717) is 6.42 Å². The van der Waals surface area contributed by atoms with Crippen molar-refractivity contribution < 1.29 is 18.3 Å². The zero-order chi connectivity index (χ0) is 20.6. The second-order valence-electron chi connectivity index (χ2n) is 7.72. The number of anilines is 1. The summed E-state index contributed by atoms with van der Waals surface area (Å²) in [6.45, 7) is 0. The van der Waals surface area contributed by atoms with Gasteiger partial charge in [0.2, 0.25) is 10.0 Å². The van der Waals surface area contributed by atoms with Crippen molar-refractivity contribution >= 4 is 33.3 Å². The first-order valence-corrected chi connectivity index (χ1v) is 11.6. The predicted octanol–water partition coefficient (Wildman–Crippen LogP) is 4.36. The van der Waals surface area contributed by atoms with Crippen molar-refractivity contribution in [1.29, 1.82) is 0 Å². The lowest BCUT2D eigenvalue weighted by molar-refractivity contribution is 0.0697. The standard InChI is InChI=1S/C21H23ClN2O4S/c22-17-9-8-14(12-20(17)29(27,28)24-16-4-2-1-3-5-16)18-10-13-6-7-15(21(25)26)11-19(13)23-18/h6-9,11-12,16,18,23-24H,1-5,10H2,(H,25,26). The molecule has 0 saturated heterocycles. The van der Waals surface area contributed by atoms with Gasteiger partial charge >= 0.3 is 5.97 Å². The van der Waals surface area contributed by atoms with Crippen molar-refractivity contribution in [2.75, 3.05) is 5.32 Å². The Bertz CT molecular complexity index is 1050. The van der Waals surface area contributed by atoms with Gasteiger partial charge < -0.3 is 10.4 Å². The molecule has 0 radical (unpaired) electrons. The summed E-state index contributed by atoms with van der Waals surface area (Å²) in [4.78, 5) is 11.3. The Morgan fingerprint density at radius 3 is 2.59 bits per heavy atom. The first kappa shape index (κ1) is 20.2. The normalized spacial score (nSPS) is 19.6. The lowest BCUT2D eigenvalue weighted by atomic mass is 9.96. The van der Waals surface area contributed by atoms with E-state index in [1.54, 1.807) is 30.3 Å². The first-order valence-electron chi connectivity index (χ1n) is 9.78. The molecule has 1 atom stereocenters. The third-order valence-electron chi connectivity index (χ3n) is 5.68. The van der Waals surface area contributed by atoms with E-state index in [1.165, 1.54) is 0 Å². The Morgan fingerprint density at radius 2 is 1.86 bits per heavy atom. The van der Waals surface area contributed by atoms with Crippen LogP contribution in [-0.4, -0.2) is 25.5 Å². The second kappa shape index (κ2) is 7.97. The quantitative estimate of drug-likeness (QED) is 0.649. The maximum Gasteiger partial charge on any atom is 0.335 e. The number of nitrogens with one attached hydrogen (secondary N) is 2. The van der Waals surface area contributed by atoms with Crippen LogP contribution < -0.4 is 10.0 Å². The van der Waals surface area contributed by atoms with Gasteiger partial charge in [0.15, 0.2) is 0 Å². The molecule has 3 N–H and O–H groups in total. The van der Waals surface area contributed by atoms with Gasteiger partial charge in [0, 0.05) is 11.7 Å². The second-order valence-corrected chi connectivity index (χ2v) is 9.81. The number of benzene rings is 2. The van der Waals surface area contributed by atoms with Gasteiger partial charge in [-0.2, -0.15) is 0 Å². The predicted molar refractivity (Wildman–Crippen MR) is 112 cm³/mol. The number of rotatable bonds is 5. The molecular formula is C21H23ClN2O4S. The third kappa shape index (κ3) is 4.27. The van der Waals surface area contributed by atoms with E-state index in [1.807, 2.05) is 6.07 Å². The van der Waals surface area contributed by atoms with E-state index < -0.39 is 16.0 Å². The van der Waals surface area contributed by atoms with Gasteiger partial charge in [0.1, 0.15) is 4.90 Å². The van der Waals surface area contributed by atoms with Gasteiger partial charge in [-0.1, -0.05) is 43.0 Å². The molecule has 0 bridgehead atoms. The van der Waals surface area contributed by atoms with E-state index >= 15 is 0 Å². The lowest BCUT2D eigenvalue weighted by Gasteiger charge is -2.23. The molecule has 0 amide bonds. The minimum Gasteiger partial charge on any atom is -0.478 e. The van der Waals surface area contributed by atoms with Gasteiger partial charge in [0.05, 0.1) is 16.6 Å². The summed E-state index contributed by atoms with van der Waals surface area (Å²) >= 11 is 6.25. The number of sulfonamides is 1. The zero-order valence-electron chi connectivity index (χ0n) is 15.8. The Hall–Kier alpha value is -2.09. The minimum absolute atomic E-state index is 0.0447. The molecule has 1 saturated carbocycles. The molecular weight excluding hydrogens is 412 g/mol. The summed E-state index contributed by atoms with van der Waals surface area (Å²) in [5, 5.41) is 12.7. The Labute approximate surface area is 175 Å². The van der Waals surface area contributed by atoms with Crippen LogP contribution in [-0.2, 0) is 16.4 Å². The zero-order valence-corrected chi connectivity index (χ0v) is 17.4. The first-order chi connectivity index (χ1) is 13.8. The van der Waals surface area contributed by atoms with Crippen LogP contribution in [0.1, 0.15) is 59.6 Å².